The second kappa shape index (κ2) is 7.90. The number of hydrogen-bond donors (Lipinski definition) is 1. The van der Waals surface area contributed by atoms with Gasteiger partial charge in [-0.3, -0.25) is 9.88 Å². The van der Waals surface area contributed by atoms with E-state index in [2.05, 4.69) is 81.9 Å². The highest BCUT2D eigenvalue weighted by Crippen LogP contribution is 2.15. The van der Waals surface area contributed by atoms with Crippen LogP contribution >= 0.6 is 0 Å². The van der Waals surface area contributed by atoms with E-state index in [1.54, 1.807) is 0 Å². The summed E-state index contributed by atoms with van der Waals surface area (Å²) in [6.45, 7) is 18.6. The fourth-order valence-electron chi connectivity index (χ4n) is 2.56. The Morgan fingerprint density at radius 1 is 1.24 bits per heavy atom. The van der Waals surface area contributed by atoms with Crippen LogP contribution < -0.4 is 5.32 Å². The second-order valence-electron chi connectivity index (χ2n) is 7.28. The van der Waals surface area contributed by atoms with Crippen LogP contribution in [0.15, 0.2) is 18.2 Å². The maximum Gasteiger partial charge on any atom is 0.0547 e. The molecule has 120 valence electrons. The zero-order valence-electron chi connectivity index (χ0n) is 14.9. The van der Waals surface area contributed by atoms with E-state index in [0.717, 1.165) is 25.3 Å². The van der Waals surface area contributed by atoms with E-state index in [4.69, 9.17) is 0 Å². The lowest BCUT2D eigenvalue weighted by atomic mass is 10.00. The lowest BCUT2D eigenvalue weighted by molar-refractivity contribution is 0.141. The summed E-state index contributed by atoms with van der Waals surface area (Å²) in [5.74, 6) is 0.615. The number of aryl methyl sites for hydroxylation is 1. The first kappa shape index (κ1) is 18.1. The van der Waals surface area contributed by atoms with Gasteiger partial charge in [-0.1, -0.05) is 26.8 Å². The van der Waals surface area contributed by atoms with E-state index < -0.39 is 0 Å². The summed E-state index contributed by atoms with van der Waals surface area (Å²) in [5, 5.41) is 3.65. The first-order valence-corrected chi connectivity index (χ1v) is 8.14. The van der Waals surface area contributed by atoms with Crippen molar-refractivity contribution < 1.29 is 0 Å². The third kappa shape index (κ3) is 6.58. The van der Waals surface area contributed by atoms with Crippen LogP contribution in [-0.4, -0.2) is 34.6 Å². The molecule has 3 heteroatoms. The van der Waals surface area contributed by atoms with Crippen LogP contribution in [0.5, 0.6) is 0 Å². The summed E-state index contributed by atoms with van der Waals surface area (Å²) in [6.07, 6.45) is 0. The summed E-state index contributed by atoms with van der Waals surface area (Å²) in [7, 11) is 0. The van der Waals surface area contributed by atoms with Crippen LogP contribution in [0.25, 0.3) is 0 Å². The van der Waals surface area contributed by atoms with Crippen molar-refractivity contribution in [1.82, 2.24) is 15.2 Å². The molecular weight excluding hydrogens is 258 g/mol. The predicted molar refractivity (Wildman–Crippen MR) is 91.4 cm³/mol. The first-order valence-electron chi connectivity index (χ1n) is 8.14. The van der Waals surface area contributed by atoms with Crippen molar-refractivity contribution in [2.45, 2.75) is 66.6 Å². The van der Waals surface area contributed by atoms with Gasteiger partial charge in [0.05, 0.1) is 5.69 Å². The molecule has 0 amide bonds. The molecule has 0 aliphatic carbocycles. The average molecular weight is 291 g/mol. The van der Waals surface area contributed by atoms with Gasteiger partial charge >= 0.3 is 0 Å². The largest absolute Gasteiger partial charge is 0.311 e. The Morgan fingerprint density at radius 3 is 2.38 bits per heavy atom. The van der Waals surface area contributed by atoms with Gasteiger partial charge in [-0.15, -0.1) is 0 Å². The normalized spacial score (nSPS) is 14.0. The standard InChI is InChI=1S/C18H33N3/c1-8-21(13-16-11-9-10-15(4)20-16)17(14(2)3)12-19-18(5,6)7/h9-11,14,17,19H,8,12-13H2,1-7H3. The van der Waals surface area contributed by atoms with E-state index in [0.29, 0.717) is 12.0 Å². The Morgan fingerprint density at radius 2 is 1.90 bits per heavy atom. The van der Waals surface area contributed by atoms with E-state index in [-0.39, 0.29) is 5.54 Å². The molecule has 0 radical (unpaired) electrons. The summed E-state index contributed by atoms with van der Waals surface area (Å²) in [5.41, 5.74) is 2.42. The quantitative estimate of drug-likeness (QED) is 0.831. The third-order valence-electron chi connectivity index (χ3n) is 3.80. The number of rotatable bonds is 7. The summed E-state index contributed by atoms with van der Waals surface area (Å²) in [6, 6.07) is 6.81. The van der Waals surface area contributed by atoms with Gasteiger partial charge in [0.1, 0.15) is 0 Å². The highest BCUT2D eigenvalue weighted by atomic mass is 15.2. The molecule has 21 heavy (non-hydrogen) atoms. The summed E-state index contributed by atoms with van der Waals surface area (Å²) >= 11 is 0. The molecule has 0 aliphatic heterocycles. The van der Waals surface area contributed by atoms with E-state index in [9.17, 15) is 0 Å². The van der Waals surface area contributed by atoms with E-state index >= 15 is 0 Å². The Hall–Kier alpha value is -0.930. The van der Waals surface area contributed by atoms with Crippen molar-refractivity contribution in [1.29, 1.82) is 0 Å². The number of nitrogens with one attached hydrogen (secondary N) is 1. The zero-order chi connectivity index (χ0) is 16.0. The van der Waals surface area contributed by atoms with Crippen LogP contribution in [0.1, 0.15) is 52.9 Å². The Labute approximate surface area is 131 Å². The lowest BCUT2D eigenvalue weighted by Gasteiger charge is -2.36. The maximum atomic E-state index is 4.65. The Kier molecular flexibility index (Phi) is 6.82. The molecule has 0 saturated carbocycles. The van der Waals surface area contributed by atoms with Gasteiger partial charge in [0.2, 0.25) is 0 Å². The Bertz CT molecular complexity index is 421. The number of likely N-dealkylation sites (N-methyl/N-ethyl adjacent to an activating group) is 1. The molecular formula is C18H33N3. The van der Waals surface area contributed by atoms with Crippen LogP contribution in [0, 0.1) is 12.8 Å². The molecule has 0 saturated heterocycles. The first-order chi connectivity index (χ1) is 9.73. The van der Waals surface area contributed by atoms with Crippen molar-refractivity contribution in [2.24, 2.45) is 5.92 Å². The minimum Gasteiger partial charge on any atom is -0.311 e. The summed E-state index contributed by atoms with van der Waals surface area (Å²) < 4.78 is 0. The minimum absolute atomic E-state index is 0.161. The molecule has 1 aromatic heterocycles. The number of pyridine rings is 1. The van der Waals surface area contributed by atoms with Gasteiger partial charge in [-0.05, 0) is 52.3 Å². The van der Waals surface area contributed by atoms with Gasteiger partial charge in [0.15, 0.2) is 0 Å². The predicted octanol–water partition coefficient (Wildman–Crippen LogP) is 3.62. The number of aromatic nitrogens is 1. The molecule has 0 aromatic carbocycles. The molecule has 1 rings (SSSR count). The van der Waals surface area contributed by atoms with Crippen LogP contribution in [0.4, 0.5) is 0 Å². The fraction of sp³-hybridized carbons (Fsp3) is 0.722. The van der Waals surface area contributed by atoms with Gasteiger partial charge in [-0.25, -0.2) is 0 Å². The number of nitrogens with zero attached hydrogens (tertiary/aromatic N) is 2. The van der Waals surface area contributed by atoms with E-state index in [1.807, 2.05) is 0 Å². The van der Waals surface area contributed by atoms with Crippen LogP contribution in [0.3, 0.4) is 0 Å². The SMILES string of the molecule is CCN(Cc1cccc(C)n1)C(CNC(C)(C)C)C(C)C. The fourth-order valence-corrected chi connectivity index (χ4v) is 2.56. The molecule has 0 bridgehead atoms. The minimum atomic E-state index is 0.161. The lowest BCUT2D eigenvalue weighted by Crippen LogP contribution is -2.49. The van der Waals surface area contributed by atoms with Crippen molar-refractivity contribution >= 4 is 0 Å². The highest BCUT2D eigenvalue weighted by molar-refractivity contribution is 5.10. The van der Waals surface area contributed by atoms with Gasteiger partial charge in [0, 0.05) is 30.4 Å². The van der Waals surface area contributed by atoms with Crippen molar-refractivity contribution in [2.75, 3.05) is 13.1 Å². The second-order valence-corrected chi connectivity index (χ2v) is 7.28. The van der Waals surface area contributed by atoms with Crippen LogP contribution in [-0.2, 0) is 6.54 Å². The molecule has 1 unspecified atom stereocenters. The molecule has 1 N–H and O–H groups in total. The topological polar surface area (TPSA) is 28.2 Å². The molecule has 1 heterocycles. The van der Waals surface area contributed by atoms with Crippen molar-refractivity contribution in [3.05, 3.63) is 29.6 Å². The monoisotopic (exact) mass is 291 g/mol. The Balaban J connectivity index is 2.77. The highest BCUT2D eigenvalue weighted by Gasteiger charge is 2.23. The number of hydrogen-bond acceptors (Lipinski definition) is 3. The molecule has 0 fully saturated rings. The van der Waals surface area contributed by atoms with Crippen molar-refractivity contribution in [3.63, 3.8) is 0 Å². The average Bonchev–Trinajstić information content (AvgIpc) is 2.35. The van der Waals surface area contributed by atoms with Gasteiger partial charge in [-0.2, -0.15) is 0 Å². The molecule has 1 atom stereocenters. The van der Waals surface area contributed by atoms with E-state index in [1.165, 1.54) is 5.69 Å². The molecule has 3 nitrogen and oxygen atoms in total. The van der Waals surface area contributed by atoms with Gasteiger partial charge < -0.3 is 5.32 Å². The smallest absolute Gasteiger partial charge is 0.0547 e. The molecule has 0 spiro atoms. The summed E-state index contributed by atoms with van der Waals surface area (Å²) in [4.78, 5) is 7.18. The molecule has 0 aliphatic rings. The van der Waals surface area contributed by atoms with Crippen LogP contribution in [0.2, 0.25) is 0 Å². The zero-order valence-corrected chi connectivity index (χ0v) is 14.9. The molecule has 1 aromatic rings. The van der Waals surface area contributed by atoms with Gasteiger partial charge in [0.25, 0.3) is 0 Å². The van der Waals surface area contributed by atoms with Crippen molar-refractivity contribution in [3.8, 4) is 0 Å². The third-order valence-corrected chi connectivity index (χ3v) is 3.80. The maximum absolute atomic E-state index is 4.65.